The van der Waals surface area contributed by atoms with E-state index in [2.05, 4.69) is 0 Å². The number of rotatable bonds is 5. The molecule has 0 fully saturated rings. The first-order valence-corrected chi connectivity index (χ1v) is 8.06. The lowest BCUT2D eigenvalue weighted by atomic mass is 9.84. The van der Waals surface area contributed by atoms with Gasteiger partial charge in [-0.2, -0.15) is 13.2 Å². The monoisotopic (exact) mass is 350 g/mol. The second-order valence-electron chi connectivity index (χ2n) is 6.34. The third kappa shape index (κ3) is 3.55. The van der Waals surface area contributed by atoms with Crippen molar-refractivity contribution in [3.8, 4) is 0 Å². The zero-order valence-corrected chi connectivity index (χ0v) is 14.4. The Hall–Kier alpha value is -2.30. The molecule has 5 heteroatoms. The second-order valence-corrected chi connectivity index (χ2v) is 6.34. The third-order valence-corrected chi connectivity index (χ3v) is 4.73. The fourth-order valence-corrected chi connectivity index (χ4v) is 2.56. The molecular formula is C20H21F3O2. The van der Waals surface area contributed by atoms with Gasteiger partial charge in [0.15, 0.2) is 11.0 Å². The van der Waals surface area contributed by atoms with Gasteiger partial charge in [-0.3, -0.25) is 4.79 Å². The number of ether oxygens (including phenoxy) is 1. The maximum atomic E-state index is 13.4. The zero-order valence-electron chi connectivity index (χ0n) is 14.4. The smallest absolute Gasteiger partial charge is 0.404 e. The predicted molar refractivity (Wildman–Crippen MR) is 89.9 cm³/mol. The van der Waals surface area contributed by atoms with Gasteiger partial charge in [-0.05, 0) is 31.4 Å². The minimum Gasteiger partial charge on any atom is -0.449 e. The summed E-state index contributed by atoms with van der Waals surface area (Å²) in [6.07, 6.45) is -5.08. The molecule has 0 heterocycles. The summed E-state index contributed by atoms with van der Waals surface area (Å²) >= 11 is 0. The maximum Gasteiger partial charge on any atom is 0.404 e. The van der Waals surface area contributed by atoms with Gasteiger partial charge < -0.3 is 4.74 Å². The van der Waals surface area contributed by atoms with Crippen LogP contribution in [0.25, 0.3) is 0 Å². The SMILES string of the molecule is CCC(C)(C(=O)OC(C)(c1ccccc1)c1ccccc1)C(F)(F)F. The van der Waals surface area contributed by atoms with Crippen LogP contribution >= 0.6 is 0 Å². The number of carbonyl (C=O) groups is 1. The third-order valence-electron chi connectivity index (χ3n) is 4.73. The van der Waals surface area contributed by atoms with Crippen LogP contribution in [-0.2, 0) is 15.1 Å². The summed E-state index contributed by atoms with van der Waals surface area (Å²) < 4.78 is 45.8. The molecule has 2 aromatic carbocycles. The fourth-order valence-electron chi connectivity index (χ4n) is 2.56. The van der Waals surface area contributed by atoms with E-state index in [0.717, 1.165) is 6.92 Å². The van der Waals surface area contributed by atoms with Gasteiger partial charge >= 0.3 is 12.1 Å². The molecule has 0 aliphatic carbocycles. The molecule has 0 spiro atoms. The summed E-state index contributed by atoms with van der Waals surface area (Å²) in [4.78, 5) is 12.6. The summed E-state index contributed by atoms with van der Waals surface area (Å²) in [5.41, 5.74) is -2.66. The Morgan fingerprint density at radius 3 is 1.60 bits per heavy atom. The Labute approximate surface area is 145 Å². The first-order valence-electron chi connectivity index (χ1n) is 8.06. The van der Waals surface area contributed by atoms with Crippen LogP contribution in [0.15, 0.2) is 60.7 Å². The van der Waals surface area contributed by atoms with E-state index in [1.54, 1.807) is 67.6 Å². The van der Waals surface area contributed by atoms with Gasteiger partial charge in [0.25, 0.3) is 0 Å². The van der Waals surface area contributed by atoms with Crippen molar-refractivity contribution in [2.24, 2.45) is 5.41 Å². The van der Waals surface area contributed by atoms with Crippen molar-refractivity contribution in [1.82, 2.24) is 0 Å². The van der Waals surface area contributed by atoms with Crippen molar-refractivity contribution < 1.29 is 22.7 Å². The molecular weight excluding hydrogens is 329 g/mol. The summed E-state index contributed by atoms with van der Waals surface area (Å²) in [5.74, 6) is -1.28. The van der Waals surface area contributed by atoms with Gasteiger partial charge in [-0.25, -0.2) is 0 Å². The van der Waals surface area contributed by atoms with Crippen molar-refractivity contribution in [1.29, 1.82) is 0 Å². The van der Waals surface area contributed by atoms with E-state index in [1.807, 2.05) is 0 Å². The summed E-state index contributed by atoms with van der Waals surface area (Å²) in [6, 6.07) is 17.5. The van der Waals surface area contributed by atoms with E-state index >= 15 is 0 Å². The lowest BCUT2D eigenvalue weighted by Crippen LogP contribution is -2.46. The number of carbonyl (C=O) groups excluding carboxylic acids is 1. The average Bonchev–Trinajstić information content (AvgIpc) is 2.61. The zero-order chi connectivity index (χ0) is 18.7. The molecule has 1 atom stereocenters. The van der Waals surface area contributed by atoms with Gasteiger partial charge in [0.05, 0.1) is 0 Å². The van der Waals surface area contributed by atoms with E-state index in [9.17, 15) is 18.0 Å². The van der Waals surface area contributed by atoms with Crippen LogP contribution in [0.2, 0.25) is 0 Å². The molecule has 2 nitrogen and oxygen atoms in total. The lowest BCUT2D eigenvalue weighted by Gasteiger charge is -2.36. The van der Waals surface area contributed by atoms with E-state index < -0.39 is 29.6 Å². The normalized spacial score (nSPS) is 14.6. The minimum absolute atomic E-state index is 0.394. The molecule has 25 heavy (non-hydrogen) atoms. The predicted octanol–water partition coefficient (Wildman–Crippen LogP) is 5.47. The van der Waals surface area contributed by atoms with Crippen LogP contribution in [0.4, 0.5) is 13.2 Å². The number of hydrogen-bond donors (Lipinski definition) is 0. The van der Waals surface area contributed by atoms with Gasteiger partial charge in [-0.15, -0.1) is 0 Å². The molecule has 0 amide bonds. The molecule has 1 unspecified atom stereocenters. The summed E-state index contributed by atoms with van der Waals surface area (Å²) in [6.45, 7) is 3.82. The molecule has 2 aromatic rings. The van der Waals surface area contributed by atoms with Gasteiger partial charge in [-0.1, -0.05) is 67.6 Å². The van der Waals surface area contributed by atoms with E-state index in [0.29, 0.717) is 11.1 Å². The molecule has 0 aromatic heterocycles. The highest BCUT2D eigenvalue weighted by Gasteiger charge is 2.58. The molecule has 0 bridgehead atoms. The Bertz CT molecular complexity index is 671. The Morgan fingerprint density at radius 2 is 1.28 bits per heavy atom. The fraction of sp³-hybridized carbons (Fsp3) is 0.350. The molecule has 0 N–H and O–H groups in total. The Balaban J connectivity index is 2.50. The quantitative estimate of drug-likeness (QED) is 0.668. The number of halogens is 3. The van der Waals surface area contributed by atoms with Crippen LogP contribution in [0, 0.1) is 5.41 Å². The Kier molecular flexibility index (Phi) is 5.26. The lowest BCUT2D eigenvalue weighted by molar-refractivity contribution is -0.236. The van der Waals surface area contributed by atoms with E-state index in [4.69, 9.17) is 4.74 Å². The molecule has 0 saturated heterocycles. The highest BCUT2D eigenvalue weighted by molar-refractivity contribution is 5.78. The van der Waals surface area contributed by atoms with Crippen molar-refractivity contribution in [3.05, 3.63) is 71.8 Å². The van der Waals surface area contributed by atoms with Gasteiger partial charge in [0.1, 0.15) is 0 Å². The van der Waals surface area contributed by atoms with Crippen molar-refractivity contribution in [2.45, 2.75) is 39.0 Å². The van der Waals surface area contributed by atoms with E-state index in [-0.39, 0.29) is 0 Å². The average molecular weight is 350 g/mol. The van der Waals surface area contributed by atoms with Crippen molar-refractivity contribution in [2.75, 3.05) is 0 Å². The summed E-state index contributed by atoms with van der Waals surface area (Å²) in [7, 11) is 0. The number of benzene rings is 2. The van der Waals surface area contributed by atoms with Gasteiger partial charge in [0, 0.05) is 0 Å². The van der Waals surface area contributed by atoms with Crippen LogP contribution in [0.1, 0.15) is 38.3 Å². The number of hydrogen-bond acceptors (Lipinski definition) is 2. The molecule has 2 rings (SSSR count). The van der Waals surface area contributed by atoms with Crippen molar-refractivity contribution in [3.63, 3.8) is 0 Å². The molecule has 0 saturated carbocycles. The highest BCUT2D eigenvalue weighted by Crippen LogP contribution is 2.44. The topological polar surface area (TPSA) is 26.3 Å². The molecule has 134 valence electrons. The van der Waals surface area contributed by atoms with Crippen LogP contribution in [0.5, 0.6) is 0 Å². The first-order chi connectivity index (χ1) is 11.6. The number of esters is 1. The first kappa shape index (κ1) is 19.0. The molecule has 0 aliphatic heterocycles. The van der Waals surface area contributed by atoms with E-state index in [1.165, 1.54) is 6.92 Å². The molecule has 0 aliphatic rings. The Morgan fingerprint density at radius 1 is 0.880 bits per heavy atom. The second kappa shape index (κ2) is 6.90. The van der Waals surface area contributed by atoms with Crippen LogP contribution in [0.3, 0.4) is 0 Å². The van der Waals surface area contributed by atoms with Crippen molar-refractivity contribution >= 4 is 5.97 Å². The van der Waals surface area contributed by atoms with Crippen LogP contribution < -0.4 is 0 Å². The highest BCUT2D eigenvalue weighted by atomic mass is 19.4. The van der Waals surface area contributed by atoms with Crippen LogP contribution in [-0.4, -0.2) is 12.1 Å². The standard InChI is InChI=1S/C20H21F3O2/c1-4-18(2,20(21,22)23)17(24)25-19(3,15-11-7-5-8-12-15)16-13-9-6-10-14-16/h5-14H,4H2,1-3H3. The largest absolute Gasteiger partial charge is 0.449 e. The molecule has 0 radical (unpaired) electrons. The maximum absolute atomic E-state index is 13.4. The number of alkyl halides is 3. The summed E-state index contributed by atoms with van der Waals surface area (Å²) in [5, 5.41) is 0. The minimum atomic E-state index is -4.69. The van der Waals surface area contributed by atoms with Gasteiger partial charge in [0.2, 0.25) is 0 Å².